The van der Waals surface area contributed by atoms with Gasteiger partial charge in [0.2, 0.25) is 11.8 Å². The average molecular weight is 401 g/mol. The zero-order valence-electron chi connectivity index (χ0n) is 15.9. The van der Waals surface area contributed by atoms with Crippen LogP contribution >= 0.6 is 0 Å². The maximum absolute atomic E-state index is 13.8. The highest BCUT2D eigenvalue weighted by Crippen LogP contribution is 2.21. The molecule has 1 aliphatic heterocycles. The van der Waals surface area contributed by atoms with Crippen LogP contribution < -0.4 is 15.5 Å². The summed E-state index contributed by atoms with van der Waals surface area (Å²) in [5.41, 5.74) is 1.24. The van der Waals surface area contributed by atoms with Crippen molar-refractivity contribution in [3.8, 4) is 0 Å². The lowest BCUT2D eigenvalue weighted by molar-refractivity contribution is -0.120. The van der Waals surface area contributed by atoms with Crippen LogP contribution in [0.15, 0.2) is 42.5 Å². The van der Waals surface area contributed by atoms with Crippen molar-refractivity contribution in [2.45, 2.75) is 25.8 Å². The Labute approximate surface area is 166 Å². The zero-order valence-corrected chi connectivity index (χ0v) is 15.9. The first-order chi connectivity index (χ1) is 13.8. The van der Waals surface area contributed by atoms with Crippen molar-refractivity contribution in [3.63, 3.8) is 0 Å². The molecule has 3 amide bonds. The maximum Gasteiger partial charge on any atom is 0.251 e. The Morgan fingerprint density at radius 1 is 1.14 bits per heavy atom. The van der Waals surface area contributed by atoms with Gasteiger partial charge in [0.25, 0.3) is 5.91 Å². The zero-order chi connectivity index (χ0) is 21.0. The predicted molar refractivity (Wildman–Crippen MR) is 103 cm³/mol. The molecular weight excluding hydrogens is 380 g/mol. The Bertz CT molecular complexity index is 931. The van der Waals surface area contributed by atoms with Gasteiger partial charge in [0.1, 0.15) is 11.6 Å². The van der Waals surface area contributed by atoms with Crippen molar-refractivity contribution < 1.29 is 23.2 Å². The van der Waals surface area contributed by atoms with Crippen molar-refractivity contribution in [1.29, 1.82) is 0 Å². The van der Waals surface area contributed by atoms with E-state index in [1.807, 2.05) is 0 Å². The second kappa shape index (κ2) is 8.81. The minimum atomic E-state index is -0.751. The summed E-state index contributed by atoms with van der Waals surface area (Å²) in [4.78, 5) is 37.7. The molecule has 1 saturated heterocycles. The van der Waals surface area contributed by atoms with E-state index in [2.05, 4.69) is 10.6 Å². The molecule has 0 aliphatic carbocycles. The highest BCUT2D eigenvalue weighted by atomic mass is 19.1. The molecule has 29 heavy (non-hydrogen) atoms. The minimum Gasteiger partial charge on any atom is -0.348 e. The fraction of sp³-hybridized carbons (Fsp3) is 0.286. The van der Waals surface area contributed by atoms with Crippen molar-refractivity contribution in [3.05, 3.63) is 65.2 Å². The molecule has 1 fully saturated rings. The minimum absolute atomic E-state index is 0.0607. The maximum atomic E-state index is 13.8. The number of nitrogens with one attached hydrogen (secondary N) is 2. The van der Waals surface area contributed by atoms with Gasteiger partial charge in [-0.1, -0.05) is 6.07 Å². The Kier molecular flexibility index (Phi) is 6.21. The number of amides is 3. The first-order valence-corrected chi connectivity index (χ1v) is 9.28. The number of hydrogen-bond donors (Lipinski definition) is 2. The summed E-state index contributed by atoms with van der Waals surface area (Å²) < 4.78 is 26.8. The van der Waals surface area contributed by atoms with Gasteiger partial charge in [-0.2, -0.15) is 0 Å². The van der Waals surface area contributed by atoms with E-state index in [-0.39, 0.29) is 18.0 Å². The number of hydrogen-bond acceptors (Lipinski definition) is 3. The lowest BCUT2D eigenvalue weighted by Gasteiger charge is -2.16. The molecule has 6 nitrogen and oxygen atoms in total. The molecule has 8 heteroatoms. The van der Waals surface area contributed by atoms with Crippen LogP contribution in [0, 0.1) is 11.6 Å². The Balaban J connectivity index is 1.52. The number of benzene rings is 2. The van der Waals surface area contributed by atoms with Crippen molar-refractivity contribution in [1.82, 2.24) is 10.6 Å². The topological polar surface area (TPSA) is 78.5 Å². The third-order valence-corrected chi connectivity index (χ3v) is 4.73. The Morgan fingerprint density at radius 3 is 2.48 bits per heavy atom. The van der Waals surface area contributed by atoms with E-state index in [9.17, 15) is 23.2 Å². The van der Waals surface area contributed by atoms with Crippen LogP contribution in [0.4, 0.5) is 14.5 Å². The van der Waals surface area contributed by atoms with Crippen LogP contribution in [0.3, 0.4) is 0 Å². The van der Waals surface area contributed by atoms with E-state index in [4.69, 9.17) is 0 Å². The first kappa shape index (κ1) is 20.4. The molecule has 2 aromatic carbocycles. The highest BCUT2D eigenvalue weighted by molar-refractivity contribution is 5.98. The Morgan fingerprint density at radius 2 is 1.86 bits per heavy atom. The van der Waals surface area contributed by atoms with Gasteiger partial charge in [-0.3, -0.25) is 14.4 Å². The van der Waals surface area contributed by atoms with Crippen molar-refractivity contribution in [2.24, 2.45) is 0 Å². The molecular formula is C21H21F2N3O3. The van der Waals surface area contributed by atoms with Gasteiger partial charge in [-0.15, -0.1) is 0 Å². The normalized spacial score (nSPS) is 14.6. The fourth-order valence-electron chi connectivity index (χ4n) is 3.20. The average Bonchev–Trinajstić information content (AvgIpc) is 3.12. The third kappa shape index (κ3) is 4.96. The lowest BCUT2D eigenvalue weighted by Crippen LogP contribution is -2.38. The first-order valence-electron chi connectivity index (χ1n) is 9.28. The van der Waals surface area contributed by atoms with Crippen LogP contribution in [0.25, 0.3) is 0 Å². The SMILES string of the molecule is CC(NC(=O)CNC(=O)c1ccc(N2CCCC2=O)cc1)c1ccc(F)cc1F. The number of nitrogens with zero attached hydrogens (tertiary/aromatic N) is 1. The standard InChI is InChI=1S/C21H21F2N3O3/c1-13(17-9-6-15(22)11-18(17)23)25-19(27)12-24-21(29)14-4-7-16(8-5-14)26-10-2-3-20(26)28/h4-9,11,13H,2-3,10,12H2,1H3,(H,24,29)(H,25,27). The van der Waals surface area contributed by atoms with Gasteiger partial charge in [-0.25, -0.2) is 8.78 Å². The van der Waals surface area contributed by atoms with E-state index < -0.39 is 29.5 Å². The predicted octanol–water partition coefficient (Wildman–Crippen LogP) is 2.70. The molecule has 2 aromatic rings. The van der Waals surface area contributed by atoms with Crippen molar-refractivity contribution in [2.75, 3.05) is 18.0 Å². The second-order valence-corrected chi connectivity index (χ2v) is 6.83. The molecule has 152 valence electrons. The summed E-state index contributed by atoms with van der Waals surface area (Å²) in [6.45, 7) is 1.93. The molecule has 1 heterocycles. The third-order valence-electron chi connectivity index (χ3n) is 4.73. The summed E-state index contributed by atoms with van der Waals surface area (Å²) in [5, 5.41) is 5.05. The van der Waals surface area contributed by atoms with Crippen LogP contribution in [-0.2, 0) is 9.59 Å². The van der Waals surface area contributed by atoms with Crippen LogP contribution in [0.1, 0.15) is 41.7 Å². The van der Waals surface area contributed by atoms with E-state index >= 15 is 0 Å². The lowest BCUT2D eigenvalue weighted by atomic mass is 10.1. The molecule has 0 aromatic heterocycles. The van der Waals surface area contributed by atoms with Gasteiger partial charge in [-0.05, 0) is 43.7 Å². The van der Waals surface area contributed by atoms with E-state index in [0.717, 1.165) is 24.2 Å². The largest absolute Gasteiger partial charge is 0.348 e. The molecule has 0 saturated carbocycles. The van der Waals surface area contributed by atoms with E-state index in [1.165, 1.54) is 6.07 Å². The van der Waals surface area contributed by atoms with Gasteiger partial charge in [0.05, 0.1) is 12.6 Å². The van der Waals surface area contributed by atoms with Gasteiger partial charge in [0, 0.05) is 35.8 Å². The van der Waals surface area contributed by atoms with Crippen molar-refractivity contribution >= 4 is 23.4 Å². The highest BCUT2D eigenvalue weighted by Gasteiger charge is 2.22. The molecule has 0 bridgehead atoms. The number of carbonyl (C=O) groups is 3. The van der Waals surface area contributed by atoms with Crippen LogP contribution in [-0.4, -0.2) is 30.8 Å². The van der Waals surface area contributed by atoms with Gasteiger partial charge in [0.15, 0.2) is 0 Å². The molecule has 3 rings (SSSR count). The number of rotatable bonds is 6. The quantitative estimate of drug-likeness (QED) is 0.781. The molecule has 1 atom stereocenters. The van der Waals surface area contributed by atoms with E-state index in [0.29, 0.717) is 18.5 Å². The number of carbonyl (C=O) groups excluding carboxylic acids is 3. The molecule has 0 spiro atoms. The molecule has 2 N–H and O–H groups in total. The fourth-order valence-corrected chi connectivity index (χ4v) is 3.20. The smallest absolute Gasteiger partial charge is 0.251 e. The van der Waals surface area contributed by atoms with E-state index in [1.54, 1.807) is 36.1 Å². The summed E-state index contributed by atoms with van der Waals surface area (Å²) in [5.74, 6) is -2.34. The summed E-state index contributed by atoms with van der Waals surface area (Å²) >= 11 is 0. The number of anilines is 1. The van der Waals surface area contributed by atoms with Crippen LogP contribution in [0.2, 0.25) is 0 Å². The Hall–Kier alpha value is -3.29. The van der Waals surface area contributed by atoms with Gasteiger partial charge < -0.3 is 15.5 Å². The van der Waals surface area contributed by atoms with Gasteiger partial charge >= 0.3 is 0 Å². The summed E-state index contributed by atoms with van der Waals surface area (Å²) in [6, 6.07) is 9.00. The summed E-state index contributed by atoms with van der Waals surface area (Å²) in [7, 11) is 0. The molecule has 0 radical (unpaired) electrons. The number of halogens is 2. The second-order valence-electron chi connectivity index (χ2n) is 6.83. The molecule has 1 unspecified atom stereocenters. The van der Waals surface area contributed by atoms with Crippen LogP contribution in [0.5, 0.6) is 0 Å². The molecule has 1 aliphatic rings. The monoisotopic (exact) mass is 401 g/mol. The summed E-state index contributed by atoms with van der Waals surface area (Å²) in [6.07, 6.45) is 1.34.